The molecule has 0 fully saturated rings. The SMILES string of the molecule is CC(C)(C)CNC(=O)OCc1ccccc1. The maximum absolute atomic E-state index is 11.3. The zero-order valence-electron chi connectivity index (χ0n) is 10.1. The van der Waals surface area contributed by atoms with Crippen LogP contribution in [0.2, 0.25) is 0 Å². The molecule has 0 saturated carbocycles. The Kier molecular flexibility index (Phi) is 4.35. The molecular weight excluding hydrogens is 202 g/mol. The van der Waals surface area contributed by atoms with Crippen LogP contribution < -0.4 is 5.32 Å². The molecular formula is C13H19NO2. The standard InChI is InChI=1S/C13H19NO2/c1-13(2,3)10-14-12(15)16-9-11-7-5-4-6-8-11/h4-8H,9-10H2,1-3H3,(H,14,15). The van der Waals surface area contributed by atoms with E-state index < -0.39 is 0 Å². The van der Waals surface area contributed by atoms with Crippen molar-refractivity contribution in [2.24, 2.45) is 5.41 Å². The van der Waals surface area contributed by atoms with Crippen molar-refractivity contribution in [2.45, 2.75) is 27.4 Å². The Bertz CT molecular complexity index is 328. The molecule has 0 spiro atoms. The van der Waals surface area contributed by atoms with Crippen molar-refractivity contribution in [2.75, 3.05) is 6.54 Å². The molecule has 3 heteroatoms. The zero-order chi connectivity index (χ0) is 12.0. The van der Waals surface area contributed by atoms with E-state index in [1.54, 1.807) is 0 Å². The minimum atomic E-state index is -0.362. The van der Waals surface area contributed by atoms with Crippen LogP contribution in [0, 0.1) is 5.41 Å². The topological polar surface area (TPSA) is 38.3 Å². The molecule has 88 valence electrons. The van der Waals surface area contributed by atoms with E-state index in [0.29, 0.717) is 13.2 Å². The van der Waals surface area contributed by atoms with Crippen molar-refractivity contribution in [3.63, 3.8) is 0 Å². The first kappa shape index (κ1) is 12.6. The van der Waals surface area contributed by atoms with Gasteiger partial charge in [-0.2, -0.15) is 0 Å². The molecule has 0 saturated heterocycles. The number of hydrogen-bond acceptors (Lipinski definition) is 2. The first-order valence-corrected chi connectivity index (χ1v) is 5.42. The summed E-state index contributed by atoms with van der Waals surface area (Å²) in [6.07, 6.45) is -0.362. The minimum absolute atomic E-state index is 0.0752. The van der Waals surface area contributed by atoms with Gasteiger partial charge in [0.05, 0.1) is 0 Å². The Morgan fingerprint density at radius 2 is 1.88 bits per heavy atom. The number of amides is 1. The molecule has 1 rings (SSSR count). The Balaban J connectivity index is 2.26. The summed E-state index contributed by atoms with van der Waals surface area (Å²) in [5, 5.41) is 2.73. The fraction of sp³-hybridized carbons (Fsp3) is 0.462. The van der Waals surface area contributed by atoms with Gasteiger partial charge >= 0.3 is 6.09 Å². The second kappa shape index (κ2) is 5.54. The summed E-state index contributed by atoms with van der Waals surface area (Å²) in [6, 6.07) is 9.63. The Hall–Kier alpha value is -1.51. The Morgan fingerprint density at radius 1 is 1.25 bits per heavy atom. The van der Waals surface area contributed by atoms with Gasteiger partial charge in [0.25, 0.3) is 0 Å². The maximum Gasteiger partial charge on any atom is 0.407 e. The van der Waals surface area contributed by atoms with Crippen LogP contribution >= 0.6 is 0 Å². The lowest BCUT2D eigenvalue weighted by atomic mass is 9.97. The highest BCUT2D eigenvalue weighted by molar-refractivity contribution is 5.67. The molecule has 0 aliphatic carbocycles. The molecule has 1 amide bonds. The largest absolute Gasteiger partial charge is 0.445 e. The van der Waals surface area contributed by atoms with E-state index >= 15 is 0 Å². The molecule has 0 unspecified atom stereocenters. The third-order valence-electron chi connectivity index (χ3n) is 1.98. The normalized spacial score (nSPS) is 10.9. The lowest BCUT2D eigenvalue weighted by Gasteiger charge is -2.18. The number of alkyl carbamates (subject to hydrolysis) is 1. The highest BCUT2D eigenvalue weighted by Crippen LogP contribution is 2.10. The number of carbonyl (C=O) groups is 1. The molecule has 0 aliphatic heterocycles. The van der Waals surface area contributed by atoms with Gasteiger partial charge in [0, 0.05) is 6.54 Å². The summed E-state index contributed by atoms with van der Waals surface area (Å²) in [6.45, 7) is 7.11. The van der Waals surface area contributed by atoms with Crippen LogP contribution in [0.1, 0.15) is 26.3 Å². The first-order chi connectivity index (χ1) is 7.47. The van der Waals surface area contributed by atoms with E-state index in [2.05, 4.69) is 26.1 Å². The van der Waals surface area contributed by atoms with Crippen LogP contribution in [-0.2, 0) is 11.3 Å². The van der Waals surface area contributed by atoms with Crippen molar-refractivity contribution in [1.82, 2.24) is 5.32 Å². The fourth-order valence-corrected chi connectivity index (χ4v) is 1.11. The van der Waals surface area contributed by atoms with Gasteiger partial charge in [-0.25, -0.2) is 4.79 Å². The number of ether oxygens (including phenoxy) is 1. The fourth-order valence-electron chi connectivity index (χ4n) is 1.11. The summed E-state index contributed by atoms with van der Waals surface area (Å²) in [4.78, 5) is 11.3. The molecule has 0 aliphatic rings. The number of rotatable bonds is 3. The van der Waals surface area contributed by atoms with Crippen LogP contribution in [0.25, 0.3) is 0 Å². The predicted octanol–water partition coefficient (Wildman–Crippen LogP) is 2.96. The molecule has 0 heterocycles. The maximum atomic E-state index is 11.3. The van der Waals surface area contributed by atoms with Crippen LogP contribution in [0.3, 0.4) is 0 Å². The number of carbonyl (C=O) groups excluding carboxylic acids is 1. The highest BCUT2D eigenvalue weighted by atomic mass is 16.5. The van der Waals surface area contributed by atoms with Gasteiger partial charge in [0.15, 0.2) is 0 Å². The summed E-state index contributed by atoms with van der Waals surface area (Å²) in [7, 11) is 0. The number of hydrogen-bond donors (Lipinski definition) is 1. The smallest absolute Gasteiger partial charge is 0.407 e. The monoisotopic (exact) mass is 221 g/mol. The third-order valence-corrected chi connectivity index (χ3v) is 1.98. The van der Waals surface area contributed by atoms with Crippen molar-refractivity contribution in [1.29, 1.82) is 0 Å². The molecule has 1 aromatic rings. The van der Waals surface area contributed by atoms with E-state index in [1.165, 1.54) is 0 Å². The zero-order valence-corrected chi connectivity index (χ0v) is 10.1. The predicted molar refractivity (Wildman–Crippen MR) is 64.1 cm³/mol. The lowest BCUT2D eigenvalue weighted by molar-refractivity contribution is 0.136. The Morgan fingerprint density at radius 3 is 2.44 bits per heavy atom. The molecule has 0 radical (unpaired) electrons. The van der Waals surface area contributed by atoms with Crippen molar-refractivity contribution < 1.29 is 9.53 Å². The summed E-state index contributed by atoms with van der Waals surface area (Å²) < 4.78 is 5.07. The molecule has 3 nitrogen and oxygen atoms in total. The van der Waals surface area contributed by atoms with Gasteiger partial charge < -0.3 is 10.1 Å². The Labute approximate surface area is 96.8 Å². The summed E-state index contributed by atoms with van der Waals surface area (Å²) in [5.41, 5.74) is 1.07. The van der Waals surface area contributed by atoms with Crippen LogP contribution in [0.15, 0.2) is 30.3 Å². The number of nitrogens with one attached hydrogen (secondary N) is 1. The van der Waals surface area contributed by atoms with Gasteiger partial charge in [-0.3, -0.25) is 0 Å². The second-order valence-corrected chi connectivity index (χ2v) is 4.98. The molecule has 0 atom stereocenters. The number of benzene rings is 1. The van der Waals surface area contributed by atoms with E-state index in [0.717, 1.165) is 5.56 Å². The molecule has 0 aromatic heterocycles. The van der Waals surface area contributed by atoms with E-state index in [1.807, 2.05) is 30.3 Å². The molecule has 0 bridgehead atoms. The van der Waals surface area contributed by atoms with Crippen LogP contribution in [0.4, 0.5) is 4.79 Å². The van der Waals surface area contributed by atoms with Crippen molar-refractivity contribution >= 4 is 6.09 Å². The van der Waals surface area contributed by atoms with Gasteiger partial charge in [-0.05, 0) is 11.0 Å². The summed E-state index contributed by atoms with van der Waals surface area (Å²) in [5.74, 6) is 0. The van der Waals surface area contributed by atoms with E-state index in [4.69, 9.17) is 4.74 Å². The van der Waals surface area contributed by atoms with Gasteiger partial charge in [-0.15, -0.1) is 0 Å². The third kappa shape index (κ3) is 5.39. The average Bonchev–Trinajstić information content (AvgIpc) is 2.24. The van der Waals surface area contributed by atoms with Crippen LogP contribution in [-0.4, -0.2) is 12.6 Å². The van der Waals surface area contributed by atoms with Gasteiger partial charge in [0.2, 0.25) is 0 Å². The average molecular weight is 221 g/mol. The first-order valence-electron chi connectivity index (χ1n) is 5.42. The molecule has 1 N–H and O–H groups in total. The van der Waals surface area contributed by atoms with E-state index in [-0.39, 0.29) is 11.5 Å². The van der Waals surface area contributed by atoms with Crippen LogP contribution in [0.5, 0.6) is 0 Å². The quantitative estimate of drug-likeness (QED) is 0.852. The van der Waals surface area contributed by atoms with Gasteiger partial charge in [-0.1, -0.05) is 51.1 Å². The molecule has 1 aromatic carbocycles. The highest BCUT2D eigenvalue weighted by Gasteiger charge is 2.12. The van der Waals surface area contributed by atoms with Crippen molar-refractivity contribution in [3.05, 3.63) is 35.9 Å². The minimum Gasteiger partial charge on any atom is -0.445 e. The second-order valence-electron chi connectivity index (χ2n) is 4.98. The lowest BCUT2D eigenvalue weighted by Crippen LogP contribution is -2.32. The van der Waals surface area contributed by atoms with Gasteiger partial charge in [0.1, 0.15) is 6.61 Å². The molecule has 16 heavy (non-hydrogen) atoms. The summed E-state index contributed by atoms with van der Waals surface area (Å²) >= 11 is 0. The van der Waals surface area contributed by atoms with Crippen molar-refractivity contribution in [3.8, 4) is 0 Å². The van der Waals surface area contributed by atoms with E-state index in [9.17, 15) is 4.79 Å².